The highest BCUT2D eigenvalue weighted by molar-refractivity contribution is 7.89. The number of ether oxygens (including phenoxy) is 2. The molecule has 4 fully saturated rings. The molecule has 1 saturated heterocycles. The second kappa shape index (κ2) is 12.1. The lowest BCUT2D eigenvalue weighted by atomic mass is 9.34. The molecule has 0 amide bonds. The van der Waals surface area contributed by atoms with Gasteiger partial charge in [-0.3, -0.25) is 9.36 Å². The Kier molecular flexibility index (Phi) is 9.20. The van der Waals surface area contributed by atoms with E-state index in [1.807, 2.05) is 6.92 Å². The van der Waals surface area contributed by atoms with Crippen molar-refractivity contribution in [1.82, 2.24) is 14.8 Å². The van der Waals surface area contributed by atoms with E-state index < -0.39 is 55.8 Å². The van der Waals surface area contributed by atoms with Crippen LogP contribution in [0, 0.1) is 62.1 Å². The third kappa shape index (κ3) is 5.45. The molecule has 11 nitrogen and oxygen atoms in total. The van der Waals surface area contributed by atoms with Crippen LogP contribution in [0.5, 0.6) is 0 Å². The van der Waals surface area contributed by atoms with E-state index in [0.29, 0.717) is 32.0 Å². The third-order valence-electron chi connectivity index (χ3n) is 16.5. The number of fused-ring (bicyclic) bond motifs is 3. The summed E-state index contributed by atoms with van der Waals surface area (Å²) < 4.78 is 41.1. The molecule has 1 aliphatic heterocycles. The van der Waals surface area contributed by atoms with Gasteiger partial charge in [0.05, 0.1) is 37.9 Å². The summed E-state index contributed by atoms with van der Waals surface area (Å²) >= 11 is 0. The monoisotopic (exact) mass is 731 g/mol. The van der Waals surface area contributed by atoms with Crippen LogP contribution >= 0.6 is 0 Å². The van der Waals surface area contributed by atoms with Crippen LogP contribution in [0.4, 0.5) is 0 Å². The van der Waals surface area contributed by atoms with Crippen molar-refractivity contribution in [2.45, 2.75) is 138 Å². The first kappa shape index (κ1) is 38.9. The number of carboxylic acid groups (broad SMARTS) is 1. The largest absolute Gasteiger partial charge is 0.481 e. The summed E-state index contributed by atoms with van der Waals surface area (Å²) in [5.74, 6) is -0.160. The molecule has 2 heterocycles. The lowest BCUT2D eigenvalue weighted by Crippen LogP contribution is -2.69. The maximum atomic E-state index is 13.5. The fourth-order valence-corrected chi connectivity index (χ4v) is 12.9. The number of hydrogen-bond acceptors (Lipinski definition) is 8. The number of rotatable bonds is 8. The van der Waals surface area contributed by atoms with Crippen LogP contribution < -0.4 is 10.9 Å². The molecule has 4 aliphatic carbocycles. The van der Waals surface area contributed by atoms with Crippen molar-refractivity contribution in [2.75, 3.05) is 19.8 Å². The lowest BCUT2D eigenvalue weighted by Gasteiger charge is -2.71. The zero-order chi connectivity index (χ0) is 38.0. The number of aromatic nitrogens is 3. The minimum atomic E-state index is -4.19. The SMILES string of the molecule is CC(C)[C@@H](C)[C@@]1(C)CC[C@]2(C)[C@H]3CC[C@@H]4[C@@]5(COC[C@]4(C)[C@@H](OC[C@](C)(N)C(C)(C)C)[C@H](n4cnnc4S(N)(=O)=O)C5)C3=CC[C@@]2(C)[C@@H]1C(=O)O. The number of allylic oxidation sites excluding steroid dienone is 1. The average Bonchev–Trinajstić information content (AvgIpc) is 3.50. The van der Waals surface area contributed by atoms with Crippen LogP contribution in [0.1, 0.15) is 121 Å². The molecule has 5 aliphatic rings. The van der Waals surface area contributed by atoms with Gasteiger partial charge in [0.1, 0.15) is 6.33 Å². The molecular weight excluding hydrogens is 667 g/mol. The Labute approximate surface area is 306 Å². The number of aliphatic carboxylic acids is 1. The van der Waals surface area contributed by atoms with Crippen molar-refractivity contribution >= 4 is 16.0 Å². The second-order valence-electron chi connectivity index (χ2n) is 20.1. The van der Waals surface area contributed by atoms with Crippen molar-refractivity contribution in [1.29, 1.82) is 0 Å². The van der Waals surface area contributed by atoms with E-state index >= 15 is 0 Å². The molecule has 0 unspecified atom stereocenters. The highest BCUT2D eigenvalue weighted by atomic mass is 32.2. The topological polar surface area (TPSA) is 173 Å². The number of primary sulfonamides is 1. The van der Waals surface area contributed by atoms with E-state index in [1.165, 1.54) is 11.9 Å². The predicted molar refractivity (Wildman–Crippen MR) is 196 cm³/mol. The molecule has 3 saturated carbocycles. The summed E-state index contributed by atoms with van der Waals surface area (Å²) in [5, 5.41) is 24.6. The van der Waals surface area contributed by atoms with Crippen molar-refractivity contribution in [3.8, 4) is 0 Å². The van der Waals surface area contributed by atoms with Gasteiger partial charge in [0.25, 0.3) is 15.2 Å². The van der Waals surface area contributed by atoms with E-state index in [9.17, 15) is 18.3 Å². The summed E-state index contributed by atoms with van der Waals surface area (Å²) in [6.07, 6.45) is 8.40. The van der Waals surface area contributed by atoms with Gasteiger partial charge in [0.2, 0.25) is 0 Å². The van der Waals surface area contributed by atoms with Crippen molar-refractivity contribution in [3.05, 3.63) is 18.0 Å². The van der Waals surface area contributed by atoms with Gasteiger partial charge in [-0.2, -0.15) is 0 Å². The minimum absolute atomic E-state index is 0.171. The maximum absolute atomic E-state index is 13.5. The van der Waals surface area contributed by atoms with Crippen LogP contribution in [0.2, 0.25) is 0 Å². The number of carboxylic acids is 1. The molecule has 5 N–H and O–H groups in total. The van der Waals surface area contributed by atoms with Gasteiger partial charge in [-0.25, -0.2) is 13.6 Å². The van der Waals surface area contributed by atoms with E-state index in [4.69, 9.17) is 20.3 Å². The third-order valence-corrected chi connectivity index (χ3v) is 17.3. The van der Waals surface area contributed by atoms with E-state index in [2.05, 4.69) is 85.5 Å². The Balaban J connectivity index is 1.49. The van der Waals surface area contributed by atoms with Gasteiger partial charge in [0.15, 0.2) is 0 Å². The quantitative estimate of drug-likeness (QED) is 0.263. The Morgan fingerprint density at radius 1 is 1.10 bits per heavy atom. The summed E-state index contributed by atoms with van der Waals surface area (Å²) in [4.78, 5) is 13.5. The average molecular weight is 732 g/mol. The molecule has 12 heteroatoms. The van der Waals surface area contributed by atoms with Crippen LogP contribution in [-0.2, 0) is 24.3 Å². The first-order chi connectivity index (χ1) is 23.3. The Bertz CT molecular complexity index is 1680. The summed E-state index contributed by atoms with van der Waals surface area (Å²) in [5.41, 5.74) is 5.40. The van der Waals surface area contributed by atoms with Crippen molar-refractivity contribution in [3.63, 3.8) is 0 Å². The molecule has 0 spiro atoms. The Morgan fingerprint density at radius 3 is 2.35 bits per heavy atom. The zero-order valence-corrected chi connectivity index (χ0v) is 33.8. The van der Waals surface area contributed by atoms with Gasteiger partial charge >= 0.3 is 5.97 Å². The highest BCUT2D eigenvalue weighted by Gasteiger charge is 2.72. The fourth-order valence-electron chi connectivity index (χ4n) is 12.3. The Hall–Kier alpha value is -1.86. The van der Waals surface area contributed by atoms with Gasteiger partial charge in [-0.1, -0.05) is 80.9 Å². The first-order valence-corrected chi connectivity index (χ1v) is 20.7. The number of carbonyl (C=O) groups is 1. The highest BCUT2D eigenvalue weighted by Crippen LogP contribution is 2.75. The van der Waals surface area contributed by atoms with E-state index in [1.54, 1.807) is 4.57 Å². The lowest BCUT2D eigenvalue weighted by molar-refractivity contribution is -0.253. The standard InChI is InChI=1S/C39H65N5O6S/c1-23(2)24(3)34(7)16-17-36(9)25-12-13-28-35(8)19-49-21-39(28,26(25)14-15-37(36,10)29(34)31(45)46)18-27(44-22-42-43-32(44)51(41,47)48)30(35)50-20-38(11,40)33(4,5)6/h14,22-25,27-30H,12-13,15-21,40H2,1-11H3,(H,45,46)(H2,41,47,48)/t24-,25+,27-,28+,29-,30+,34-,35+,36-,37+,38+,39+/m1/s1. The van der Waals surface area contributed by atoms with Gasteiger partial charge in [0, 0.05) is 16.4 Å². The molecule has 1 aromatic heterocycles. The predicted octanol–water partition coefficient (Wildman–Crippen LogP) is 6.20. The number of nitrogens with two attached hydrogens (primary N) is 2. The normalized spacial score (nSPS) is 42.9. The molecule has 6 rings (SSSR count). The second-order valence-corrected chi connectivity index (χ2v) is 21.5. The molecule has 0 aromatic carbocycles. The van der Waals surface area contributed by atoms with Gasteiger partial charge in [-0.15, -0.1) is 10.2 Å². The fraction of sp³-hybridized carbons (Fsp3) is 0.872. The number of nitrogens with zero attached hydrogens (tertiary/aromatic N) is 3. The number of sulfonamides is 1. The zero-order valence-electron chi connectivity index (χ0n) is 33.0. The van der Waals surface area contributed by atoms with Crippen molar-refractivity contribution in [2.24, 2.45) is 73.0 Å². The van der Waals surface area contributed by atoms with Gasteiger partial charge < -0.3 is 20.3 Å². The molecule has 288 valence electrons. The molecule has 0 radical (unpaired) electrons. The molecule has 51 heavy (non-hydrogen) atoms. The molecular formula is C39H65N5O6S. The van der Waals surface area contributed by atoms with Crippen LogP contribution in [0.15, 0.2) is 23.1 Å². The van der Waals surface area contributed by atoms with Crippen molar-refractivity contribution < 1.29 is 27.8 Å². The van der Waals surface area contributed by atoms with Crippen LogP contribution in [0.3, 0.4) is 0 Å². The smallest absolute Gasteiger partial charge is 0.307 e. The van der Waals surface area contributed by atoms with E-state index in [0.717, 1.165) is 25.7 Å². The molecule has 1 aromatic rings. The van der Waals surface area contributed by atoms with E-state index in [-0.39, 0.29) is 45.8 Å². The summed E-state index contributed by atoms with van der Waals surface area (Å²) in [6, 6.07) is -0.455. The summed E-state index contributed by atoms with van der Waals surface area (Å²) in [6.45, 7) is 25.3. The van der Waals surface area contributed by atoms with Crippen LogP contribution in [-0.4, -0.2) is 65.7 Å². The molecule has 12 atom stereocenters. The maximum Gasteiger partial charge on any atom is 0.307 e. The minimum Gasteiger partial charge on any atom is -0.481 e. The van der Waals surface area contributed by atoms with Gasteiger partial charge in [-0.05, 0) is 90.8 Å². The molecule has 2 bridgehead atoms. The van der Waals surface area contributed by atoms with Crippen LogP contribution in [0.25, 0.3) is 0 Å². The number of hydrogen-bond donors (Lipinski definition) is 3. The Morgan fingerprint density at radius 2 is 1.76 bits per heavy atom. The first-order valence-electron chi connectivity index (χ1n) is 19.2. The summed E-state index contributed by atoms with van der Waals surface area (Å²) in [7, 11) is -4.19.